The zero-order valence-corrected chi connectivity index (χ0v) is 12.6. The zero-order valence-electron chi connectivity index (χ0n) is 10.2. The lowest BCUT2D eigenvalue weighted by Gasteiger charge is -2.31. The van der Waals surface area contributed by atoms with Crippen LogP contribution in [0, 0.1) is 5.92 Å². The molecule has 1 aromatic rings. The smallest absolute Gasteiger partial charge is 0.0469 e. The number of ether oxygens (including phenoxy) is 1. The fourth-order valence-electron chi connectivity index (χ4n) is 2.39. The van der Waals surface area contributed by atoms with E-state index in [4.69, 9.17) is 4.74 Å². The Balaban J connectivity index is 2.09. The van der Waals surface area contributed by atoms with Gasteiger partial charge in [-0.2, -0.15) is 11.3 Å². The molecular formula is C13H20BrNOS. The topological polar surface area (TPSA) is 21.3 Å². The fraction of sp³-hybridized carbons (Fsp3) is 0.692. The lowest BCUT2D eigenvalue weighted by Crippen LogP contribution is -2.32. The van der Waals surface area contributed by atoms with Crippen LogP contribution in [-0.4, -0.2) is 19.8 Å². The van der Waals surface area contributed by atoms with E-state index >= 15 is 0 Å². The molecule has 1 aliphatic rings. The van der Waals surface area contributed by atoms with Gasteiger partial charge in [0.05, 0.1) is 0 Å². The number of nitrogens with one attached hydrogen (secondary N) is 1. The van der Waals surface area contributed by atoms with E-state index in [1.165, 1.54) is 29.3 Å². The summed E-state index contributed by atoms with van der Waals surface area (Å²) in [5.41, 5.74) is 1.43. The van der Waals surface area contributed by atoms with Gasteiger partial charge in [0.15, 0.2) is 0 Å². The summed E-state index contributed by atoms with van der Waals surface area (Å²) in [6, 6.07) is 0.486. The molecule has 17 heavy (non-hydrogen) atoms. The predicted molar refractivity (Wildman–Crippen MR) is 76.6 cm³/mol. The van der Waals surface area contributed by atoms with Gasteiger partial charge in [0, 0.05) is 29.1 Å². The molecule has 0 saturated carbocycles. The monoisotopic (exact) mass is 317 g/mol. The van der Waals surface area contributed by atoms with Gasteiger partial charge in [0.2, 0.25) is 0 Å². The Morgan fingerprint density at radius 1 is 1.47 bits per heavy atom. The van der Waals surface area contributed by atoms with Gasteiger partial charge in [-0.05, 0) is 58.6 Å². The lowest BCUT2D eigenvalue weighted by atomic mass is 9.88. The minimum absolute atomic E-state index is 0.486. The van der Waals surface area contributed by atoms with E-state index < -0.39 is 0 Å². The number of rotatable bonds is 5. The average Bonchev–Trinajstić information content (AvgIpc) is 2.78. The van der Waals surface area contributed by atoms with Crippen molar-refractivity contribution in [3.63, 3.8) is 0 Å². The number of halogens is 1. The van der Waals surface area contributed by atoms with Crippen LogP contribution < -0.4 is 5.32 Å². The maximum atomic E-state index is 5.47. The quantitative estimate of drug-likeness (QED) is 0.887. The zero-order chi connectivity index (χ0) is 12.1. The third-order valence-corrected chi connectivity index (χ3v) is 5.08. The number of thiophene rings is 1. The molecule has 1 atom stereocenters. The predicted octanol–water partition coefficient (Wildman–Crippen LogP) is 3.98. The normalized spacial score (nSPS) is 19.4. The Morgan fingerprint density at radius 3 is 2.82 bits per heavy atom. The summed E-state index contributed by atoms with van der Waals surface area (Å²) >= 11 is 5.44. The first-order valence-corrected chi connectivity index (χ1v) is 8.09. The van der Waals surface area contributed by atoms with Crippen molar-refractivity contribution >= 4 is 27.3 Å². The molecule has 1 aliphatic heterocycles. The standard InChI is InChI=1S/C13H20BrNOS/c1-2-5-15-13(10-3-6-16-7-4-10)11-8-17-9-12(11)14/h8-10,13,15H,2-7H2,1H3. The Morgan fingerprint density at radius 2 is 2.24 bits per heavy atom. The first kappa shape index (κ1) is 13.5. The van der Waals surface area contributed by atoms with Crippen LogP contribution >= 0.6 is 27.3 Å². The van der Waals surface area contributed by atoms with E-state index in [1.54, 1.807) is 11.3 Å². The van der Waals surface area contributed by atoms with Gasteiger partial charge in [-0.15, -0.1) is 0 Å². The van der Waals surface area contributed by atoms with Crippen LogP contribution in [-0.2, 0) is 4.74 Å². The molecule has 1 fully saturated rings. The highest BCUT2D eigenvalue weighted by Gasteiger charge is 2.26. The average molecular weight is 318 g/mol. The molecule has 0 aromatic carbocycles. The summed E-state index contributed by atoms with van der Waals surface area (Å²) in [4.78, 5) is 0. The second-order valence-electron chi connectivity index (χ2n) is 4.56. The summed E-state index contributed by atoms with van der Waals surface area (Å²) in [6.45, 7) is 5.13. The number of hydrogen-bond donors (Lipinski definition) is 1. The molecule has 96 valence electrons. The Hall–Kier alpha value is 0.1000. The Labute approximate surface area is 116 Å². The molecule has 1 aromatic heterocycles. The Bertz CT molecular complexity index is 336. The third-order valence-electron chi connectivity index (χ3n) is 3.33. The molecule has 1 saturated heterocycles. The molecule has 0 bridgehead atoms. The van der Waals surface area contributed by atoms with Gasteiger partial charge in [0.1, 0.15) is 0 Å². The minimum atomic E-state index is 0.486. The highest BCUT2D eigenvalue weighted by molar-refractivity contribution is 9.10. The van der Waals surface area contributed by atoms with Crippen molar-refractivity contribution in [2.24, 2.45) is 5.92 Å². The van der Waals surface area contributed by atoms with Gasteiger partial charge in [-0.3, -0.25) is 0 Å². The van der Waals surface area contributed by atoms with Crippen molar-refractivity contribution in [2.75, 3.05) is 19.8 Å². The van der Waals surface area contributed by atoms with E-state index in [1.807, 2.05) is 0 Å². The highest BCUT2D eigenvalue weighted by Crippen LogP contribution is 2.35. The van der Waals surface area contributed by atoms with Gasteiger partial charge < -0.3 is 10.1 Å². The van der Waals surface area contributed by atoms with Crippen LogP contribution in [0.1, 0.15) is 37.8 Å². The minimum Gasteiger partial charge on any atom is -0.381 e. The molecule has 1 N–H and O–H groups in total. The van der Waals surface area contributed by atoms with Crippen LogP contribution in [0.15, 0.2) is 15.2 Å². The van der Waals surface area contributed by atoms with E-state index in [9.17, 15) is 0 Å². The Kier molecular flexibility index (Phi) is 5.48. The van der Waals surface area contributed by atoms with Crippen molar-refractivity contribution in [3.05, 3.63) is 20.8 Å². The molecule has 4 heteroatoms. The first-order chi connectivity index (χ1) is 8.33. The first-order valence-electron chi connectivity index (χ1n) is 6.35. The van der Waals surface area contributed by atoms with E-state index in [-0.39, 0.29) is 0 Å². The second kappa shape index (κ2) is 6.88. The fourth-order valence-corrected chi connectivity index (χ4v) is 3.97. The van der Waals surface area contributed by atoms with E-state index in [0.717, 1.165) is 19.8 Å². The molecule has 2 heterocycles. The van der Waals surface area contributed by atoms with E-state index in [2.05, 4.69) is 38.9 Å². The number of hydrogen-bond acceptors (Lipinski definition) is 3. The van der Waals surface area contributed by atoms with Gasteiger partial charge in [0.25, 0.3) is 0 Å². The van der Waals surface area contributed by atoms with Crippen molar-refractivity contribution in [1.29, 1.82) is 0 Å². The lowest BCUT2D eigenvalue weighted by molar-refractivity contribution is 0.0536. The van der Waals surface area contributed by atoms with Crippen LogP contribution in [0.25, 0.3) is 0 Å². The molecule has 2 nitrogen and oxygen atoms in total. The van der Waals surface area contributed by atoms with Crippen LogP contribution in [0.3, 0.4) is 0 Å². The second-order valence-corrected chi connectivity index (χ2v) is 6.15. The molecule has 0 aliphatic carbocycles. The molecule has 0 radical (unpaired) electrons. The summed E-state index contributed by atoms with van der Waals surface area (Å²) in [6.07, 6.45) is 3.52. The van der Waals surface area contributed by atoms with Crippen LogP contribution in [0.4, 0.5) is 0 Å². The summed E-state index contributed by atoms with van der Waals surface area (Å²) < 4.78 is 6.72. The molecule has 2 rings (SSSR count). The molecular weight excluding hydrogens is 298 g/mol. The highest BCUT2D eigenvalue weighted by atomic mass is 79.9. The summed E-state index contributed by atoms with van der Waals surface area (Å²) in [5.74, 6) is 0.709. The van der Waals surface area contributed by atoms with Gasteiger partial charge in [-0.25, -0.2) is 0 Å². The maximum absolute atomic E-state index is 5.47. The molecule has 1 unspecified atom stereocenters. The van der Waals surface area contributed by atoms with Crippen molar-refractivity contribution < 1.29 is 4.74 Å². The van der Waals surface area contributed by atoms with Crippen molar-refractivity contribution in [3.8, 4) is 0 Å². The molecule has 0 amide bonds. The SMILES string of the molecule is CCCNC(c1cscc1Br)C1CCOCC1. The van der Waals surface area contributed by atoms with E-state index in [0.29, 0.717) is 12.0 Å². The largest absolute Gasteiger partial charge is 0.381 e. The van der Waals surface area contributed by atoms with Crippen LogP contribution in [0.5, 0.6) is 0 Å². The summed E-state index contributed by atoms with van der Waals surface area (Å²) in [7, 11) is 0. The van der Waals surface area contributed by atoms with Crippen molar-refractivity contribution in [1.82, 2.24) is 5.32 Å². The summed E-state index contributed by atoms with van der Waals surface area (Å²) in [5, 5.41) is 8.15. The maximum Gasteiger partial charge on any atom is 0.0469 e. The van der Waals surface area contributed by atoms with Gasteiger partial charge >= 0.3 is 0 Å². The van der Waals surface area contributed by atoms with Gasteiger partial charge in [-0.1, -0.05) is 6.92 Å². The third kappa shape index (κ3) is 3.53. The molecule has 0 spiro atoms. The van der Waals surface area contributed by atoms with Crippen molar-refractivity contribution in [2.45, 2.75) is 32.2 Å². The van der Waals surface area contributed by atoms with Crippen LogP contribution in [0.2, 0.25) is 0 Å².